The molecule has 0 aliphatic carbocycles. The average Bonchev–Trinajstić information content (AvgIpc) is 2.69. The van der Waals surface area contributed by atoms with Gasteiger partial charge in [-0.1, -0.05) is 83.4 Å². The van der Waals surface area contributed by atoms with E-state index in [2.05, 4.69) is 36.6 Å². The highest BCUT2D eigenvalue weighted by molar-refractivity contribution is 5.80. The van der Waals surface area contributed by atoms with Gasteiger partial charge in [-0.3, -0.25) is 4.79 Å². The Labute approximate surface area is 165 Å². The molecule has 148 valence electrons. The van der Waals surface area contributed by atoms with Crippen molar-refractivity contribution in [3.8, 4) is 0 Å². The molecule has 0 aliphatic rings. The van der Waals surface area contributed by atoms with Gasteiger partial charge in [0.25, 0.3) is 0 Å². The van der Waals surface area contributed by atoms with Crippen LogP contribution in [0.2, 0.25) is 0 Å². The summed E-state index contributed by atoms with van der Waals surface area (Å²) in [6.45, 7) is 5.45. The molecule has 0 aliphatic heterocycles. The van der Waals surface area contributed by atoms with E-state index in [4.69, 9.17) is 0 Å². The van der Waals surface area contributed by atoms with E-state index in [9.17, 15) is 4.79 Å². The molecule has 0 bridgehead atoms. The van der Waals surface area contributed by atoms with Crippen LogP contribution in [0.1, 0.15) is 90.2 Å². The minimum Gasteiger partial charge on any atom is -0.341 e. The van der Waals surface area contributed by atoms with E-state index in [1.807, 2.05) is 24.3 Å². The van der Waals surface area contributed by atoms with Crippen LogP contribution in [0.3, 0.4) is 0 Å². The molecule has 27 heavy (non-hydrogen) atoms. The molecule has 0 atom stereocenters. The number of para-hydroxylation sites is 1. The van der Waals surface area contributed by atoms with Crippen LogP contribution in [0.25, 0.3) is 17.0 Å². The summed E-state index contributed by atoms with van der Waals surface area (Å²) in [5, 5.41) is 0.828. The molecule has 2 heteroatoms. The number of pyridine rings is 1. The smallest absolute Gasteiger partial charge is 0.190 e. The summed E-state index contributed by atoms with van der Waals surface area (Å²) < 4.78 is 2.31. The molecule has 0 unspecified atom stereocenters. The molecule has 0 saturated heterocycles. The number of allylic oxidation sites excluding steroid dienone is 1. The minimum atomic E-state index is 0.130. The largest absolute Gasteiger partial charge is 0.341 e. The van der Waals surface area contributed by atoms with Crippen LogP contribution in [0, 0.1) is 0 Å². The SMILES string of the molecule is CCCCCCCCCC/C=C/c1cc(=O)c2ccccc2n1CCCC. The summed E-state index contributed by atoms with van der Waals surface area (Å²) in [5.74, 6) is 0. The Kier molecular flexibility index (Phi) is 9.97. The summed E-state index contributed by atoms with van der Waals surface area (Å²) >= 11 is 0. The van der Waals surface area contributed by atoms with Crippen LogP contribution in [0.5, 0.6) is 0 Å². The van der Waals surface area contributed by atoms with Gasteiger partial charge >= 0.3 is 0 Å². The number of unbranched alkanes of at least 4 members (excludes halogenated alkanes) is 9. The normalized spacial score (nSPS) is 11.6. The molecule has 2 aromatic rings. The first-order valence-corrected chi connectivity index (χ1v) is 11.1. The summed E-state index contributed by atoms with van der Waals surface area (Å²) in [6, 6.07) is 9.79. The third-order valence-corrected chi connectivity index (χ3v) is 5.30. The molecule has 0 fully saturated rings. The lowest BCUT2D eigenvalue weighted by Gasteiger charge is -2.14. The van der Waals surface area contributed by atoms with Crippen molar-refractivity contribution in [3.05, 3.63) is 52.3 Å². The van der Waals surface area contributed by atoms with Gasteiger partial charge in [-0.25, -0.2) is 0 Å². The van der Waals surface area contributed by atoms with Gasteiger partial charge in [0.2, 0.25) is 0 Å². The molecular weight excluding hydrogens is 330 g/mol. The van der Waals surface area contributed by atoms with Crippen LogP contribution in [-0.2, 0) is 6.54 Å². The second kappa shape index (κ2) is 12.5. The molecule has 1 heterocycles. The molecule has 1 aromatic carbocycles. The van der Waals surface area contributed by atoms with Gasteiger partial charge < -0.3 is 4.57 Å². The van der Waals surface area contributed by atoms with Gasteiger partial charge in [-0.05, 0) is 37.5 Å². The molecule has 2 nitrogen and oxygen atoms in total. The number of fused-ring (bicyclic) bond motifs is 1. The van der Waals surface area contributed by atoms with E-state index in [-0.39, 0.29) is 5.43 Å². The van der Waals surface area contributed by atoms with Crippen LogP contribution in [0.15, 0.2) is 41.2 Å². The minimum absolute atomic E-state index is 0.130. The first kappa shape index (κ1) is 21.5. The molecule has 0 N–H and O–H groups in total. The standard InChI is InChI=1S/C25H37NO/c1-3-5-7-8-9-10-11-12-13-14-17-22-21-25(27)23-18-15-16-19-24(23)26(22)20-6-4-2/h14-19,21H,3-13,20H2,1-2H3/b17-14+. The van der Waals surface area contributed by atoms with Crippen LogP contribution >= 0.6 is 0 Å². The third-order valence-electron chi connectivity index (χ3n) is 5.30. The zero-order chi connectivity index (χ0) is 19.3. The van der Waals surface area contributed by atoms with Crippen molar-refractivity contribution >= 4 is 17.0 Å². The summed E-state index contributed by atoms with van der Waals surface area (Å²) in [5.41, 5.74) is 2.24. The maximum Gasteiger partial charge on any atom is 0.190 e. The summed E-state index contributed by atoms with van der Waals surface area (Å²) in [7, 11) is 0. The van der Waals surface area contributed by atoms with Crippen molar-refractivity contribution in [2.45, 2.75) is 91.0 Å². The second-order valence-corrected chi connectivity index (χ2v) is 7.62. The van der Waals surface area contributed by atoms with Crippen molar-refractivity contribution in [2.75, 3.05) is 0 Å². The summed E-state index contributed by atoms with van der Waals surface area (Å²) in [6.07, 6.45) is 18.6. The first-order valence-electron chi connectivity index (χ1n) is 11.1. The lowest BCUT2D eigenvalue weighted by atomic mass is 10.1. The summed E-state index contributed by atoms with van der Waals surface area (Å²) in [4.78, 5) is 12.5. The van der Waals surface area contributed by atoms with Gasteiger partial charge in [-0.2, -0.15) is 0 Å². The Hall–Kier alpha value is -1.83. The number of hydrogen-bond acceptors (Lipinski definition) is 1. The Morgan fingerprint density at radius 3 is 2.26 bits per heavy atom. The van der Waals surface area contributed by atoms with Crippen LogP contribution in [-0.4, -0.2) is 4.57 Å². The van der Waals surface area contributed by atoms with Crippen molar-refractivity contribution < 1.29 is 0 Å². The Morgan fingerprint density at radius 1 is 0.852 bits per heavy atom. The number of rotatable bonds is 13. The van der Waals surface area contributed by atoms with Gasteiger partial charge in [0.1, 0.15) is 0 Å². The highest BCUT2D eigenvalue weighted by Gasteiger charge is 2.06. The van der Waals surface area contributed by atoms with Crippen molar-refractivity contribution in [1.29, 1.82) is 0 Å². The topological polar surface area (TPSA) is 22.0 Å². The van der Waals surface area contributed by atoms with Crippen molar-refractivity contribution in [3.63, 3.8) is 0 Å². The van der Waals surface area contributed by atoms with Crippen molar-refractivity contribution in [1.82, 2.24) is 4.57 Å². The van der Waals surface area contributed by atoms with E-state index < -0.39 is 0 Å². The highest BCUT2D eigenvalue weighted by Crippen LogP contribution is 2.16. The molecule has 0 amide bonds. The molecule has 0 saturated carbocycles. The van der Waals surface area contributed by atoms with E-state index in [1.54, 1.807) is 0 Å². The quantitative estimate of drug-likeness (QED) is 0.339. The van der Waals surface area contributed by atoms with Gasteiger partial charge in [0, 0.05) is 23.7 Å². The van der Waals surface area contributed by atoms with E-state index >= 15 is 0 Å². The van der Waals surface area contributed by atoms with E-state index in [0.717, 1.165) is 42.4 Å². The molecule has 0 radical (unpaired) electrons. The molecule has 2 rings (SSSR count). The monoisotopic (exact) mass is 367 g/mol. The van der Waals surface area contributed by atoms with E-state index in [0.29, 0.717) is 0 Å². The fraction of sp³-hybridized carbons (Fsp3) is 0.560. The predicted molar refractivity (Wildman–Crippen MR) is 119 cm³/mol. The third kappa shape index (κ3) is 7.01. The highest BCUT2D eigenvalue weighted by atomic mass is 16.1. The number of nitrogens with zero attached hydrogens (tertiary/aromatic N) is 1. The molecular formula is C25H37NO. The Balaban J connectivity index is 1.93. The number of aromatic nitrogens is 1. The zero-order valence-electron chi connectivity index (χ0n) is 17.4. The fourth-order valence-corrected chi connectivity index (χ4v) is 3.65. The molecule has 0 spiro atoms. The number of aryl methyl sites for hydroxylation is 1. The van der Waals surface area contributed by atoms with Gasteiger partial charge in [0.05, 0.1) is 5.52 Å². The zero-order valence-corrected chi connectivity index (χ0v) is 17.4. The lowest BCUT2D eigenvalue weighted by molar-refractivity contribution is 0.578. The van der Waals surface area contributed by atoms with Crippen molar-refractivity contribution in [2.24, 2.45) is 0 Å². The fourth-order valence-electron chi connectivity index (χ4n) is 3.65. The predicted octanol–water partition coefficient (Wildman–Crippen LogP) is 7.35. The maximum absolute atomic E-state index is 12.5. The number of hydrogen-bond donors (Lipinski definition) is 0. The van der Waals surface area contributed by atoms with Crippen LogP contribution in [0.4, 0.5) is 0 Å². The van der Waals surface area contributed by atoms with Gasteiger partial charge in [0.15, 0.2) is 5.43 Å². The Morgan fingerprint density at radius 2 is 1.52 bits per heavy atom. The Bertz CT molecular complexity index is 756. The first-order chi connectivity index (χ1) is 13.3. The average molecular weight is 368 g/mol. The van der Waals surface area contributed by atoms with E-state index in [1.165, 1.54) is 51.4 Å². The maximum atomic E-state index is 12.5. The number of benzene rings is 1. The van der Waals surface area contributed by atoms with Gasteiger partial charge in [-0.15, -0.1) is 0 Å². The van der Waals surface area contributed by atoms with Crippen LogP contribution < -0.4 is 5.43 Å². The second-order valence-electron chi connectivity index (χ2n) is 7.62. The lowest BCUT2D eigenvalue weighted by Crippen LogP contribution is -2.12. The molecule has 1 aromatic heterocycles.